The molecule has 1 aliphatic rings. The fourth-order valence-electron chi connectivity index (χ4n) is 2.50. The van der Waals surface area contributed by atoms with Gasteiger partial charge in [0.2, 0.25) is 0 Å². The maximum Gasteiger partial charge on any atom is 0.255 e. The number of rotatable bonds is 4. The molecule has 1 amide bonds. The summed E-state index contributed by atoms with van der Waals surface area (Å²) in [7, 11) is 1.58. The van der Waals surface area contributed by atoms with Crippen LogP contribution in [-0.4, -0.2) is 18.0 Å². The summed E-state index contributed by atoms with van der Waals surface area (Å²) in [6.45, 7) is 0. The van der Waals surface area contributed by atoms with E-state index in [1.54, 1.807) is 31.4 Å². The second-order valence-corrected chi connectivity index (χ2v) is 5.69. The minimum atomic E-state index is -0.186. The van der Waals surface area contributed by atoms with Crippen molar-refractivity contribution in [3.63, 3.8) is 0 Å². The van der Waals surface area contributed by atoms with Crippen molar-refractivity contribution in [2.75, 3.05) is 12.4 Å². The van der Waals surface area contributed by atoms with Gasteiger partial charge in [0.05, 0.1) is 7.11 Å². The van der Waals surface area contributed by atoms with E-state index in [4.69, 9.17) is 9.15 Å². The Bertz CT molecular complexity index is 881. The highest BCUT2D eigenvalue weighted by atomic mass is 16.5. The Morgan fingerprint density at radius 1 is 1.26 bits per heavy atom. The number of benzene rings is 2. The van der Waals surface area contributed by atoms with E-state index in [9.17, 15) is 4.79 Å². The number of oxazole rings is 1. The van der Waals surface area contributed by atoms with Crippen molar-refractivity contribution in [3.05, 3.63) is 53.9 Å². The average molecular weight is 308 g/mol. The number of anilines is 1. The number of nitrogens with one attached hydrogen (secondary N) is 1. The van der Waals surface area contributed by atoms with E-state index < -0.39 is 0 Å². The molecule has 4 rings (SSSR count). The van der Waals surface area contributed by atoms with Gasteiger partial charge in [0.1, 0.15) is 11.3 Å². The summed E-state index contributed by atoms with van der Waals surface area (Å²) < 4.78 is 10.9. The third-order valence-corrected chi connectivity index (χ3v) is 3.92. The molecule has 1 N–H and O–H groups in total. The Morgan fingerprint density at radius 3 is 2.91 bits per heavy atom. The molecule has 3 aromatic rings. The maximum atomic E-state index is 12.3. The van der Waals surface area contributed by atoms with Gasteiger partial charge in [-0.1, -0.05) is 6.07 Å². The number of hydrogen-bond acceptors (Lipinski definition) is 4. The number of carbonyl (C=O) groups is 1. The first-order valence-electron chi connectivity index (χ1n) is 7.59. The molecule has 5 nitrogen and oxygen atoms in total. The minimum absolute atomic E-state index is 0.186. The van der Waals surface area contributed by atoms with E-state index in [-0.39, 0.29) is 5.91 Å². The molecule has 116 valence electrons. The Labute approximate surface area is 133 Å². The molecule has 0 saturated heterocycles. The lowest BCUT2D eigenvalue weighted by Gasteiger charge is -2.06. The molecule has 1 fully saturated rings. The summed E-state index contributed by atoms with van der Waals surface area (Å²) in [5, 5.41) is 2.88. The highest BCUT2D eigenvalue weighted by molar-refractivity contribution is 6.05. The number of hydrogen-bond donors (Lipinski definition) is 1. The zero-order valence-electron chi connectivity index (χ0n) is 12.7. The normalized spacial score (nSPS) is 14.0. The van der Waals surface area contributed by atoms with Gasteiger partial charge in [-0.25, -0.2) is 4.98 Å². The van der Waals surface area contributed by atoms with Crippen LogP contribution in [0.1, 0.15) is 35.0 Å². The maximum absolute atomic E-state index is 12.3. The average Bonchev–Trinajstić information content (AvgIpc) is 3.34. The second kappa shape index (κ2) is 5.43. The second-order valence-electron chi connectivity index (χ2n) is 5.69. The van der Waals surface area contributed by atoms with E-state index >= 15 is 0 Å². The minimum Gasteiger partial charge on any atom is -0.497 e. The molecule has 0 bridgehead atoms. The Hall–Kier alpha value is -2.82. The van der Waals surface area contributed by atoms with Crippen molar-refractivity contribution in [1.82, 2.24) is 4.98 Å². The van der Waals surface area contributed by atoms with E-state index in [0.717, 1.165) is 29.8 Å². The highest BCUT2D eigenvalue weighted by Gasteiger charge is 2.28. The van der Waals surface area contributed by atoms with Gasteiger partial charge in [-0.3, -0.25) is 4.79 Å². The topological polar surface area (TPSA) is 64.4 Å². The Balaban J connectivity index is 1.57. The quantitative estimate of drug-likeness (QED) is 0.792. The Kier molecular flexibility index (Phi) is 3.26. The number of fused-ring (bicyclic) bond motifs is 1. The molecule has 5 heteroatoms. The summed E-state index contributed by atoms with van der Waals surface area (Å²) in [5.74, 6) is 1.74. The number of carbonyl (C=O) groups excluding carboxylic acids is 1. The molecule has 23 heavy (non-hydrogen) atoms. The van der Waals surface area contributed by atoms with Crippen LogP contribution in [0.25, 0.3) is 11.1 Å². The van der Waals surface area contributed by atoms with Gasteiger partial charge in [0, 0.05) is 17.2 Å². The van der Waals surface area contributed by atoms with Crippen LogP contribution >= 0.6 is 0 Å². The van der Waals surface area contributed by atoms with Crippen molar-refractivity contribution >= 4 is 22.7 Å². The predicted octanol–water partition coefficient (Wildman–Crippen LogP) is 3.97. The zero-order valence-corrected chi connectivity index (χ0v) is 12.7. The smallest absolute Gasteiger partial charge is 0.255 e. The first-order valence-corrected chi connectivity index (χ1v) is 7.59. The number of aromatic nitrogens is 1. The van der Waals surface area contributed by atoms with Gasteiger partial charge in [0.25, 0.3) is 5.91 Å². The largest absolute Gasteiger partial charge is 0.497 e. The number of amides is 1. The van der Waals surface area contributed by atoms with Gasteiger partial charge in [-0.2, -0.15) is 0 Å². The Morgan fingerprint density at radius 2 is 2.13 bits per heavy atom. The van der Waals surface area contributed by atoms with Crippen molar-refractivity contribution in [2.45, 2.75) is 18.8 Å². The summed E-state index contributed by atoms with van der Waals surface area (Å²) in [5.41, 5.74) is 2.77. The third-order valence-electron chi connectivity index (χ3n) is 3.92. The molecule has 0 aliphatic heterocycles. The van der Waals surface area contributed by atoms with Crippen LogP contribution in [0.2, 0.25) is 0 Å². The first-order chi connectivity index (χ1) is 11.2. The lowest BCUT2D eigenvalue weighted by Crippen LogP contribution is -2.11. The highest BCUT2D eigenvalue weighted by Crippen LogP contribution is 2.40. The summed E-state index contributed by atoms with van der Waals surface area (Å²) >= 11 is 0. The zero-order chi connectivity index (χ0) is 15.8. The first kappa shape index (κ1) is 13.8. The standard InChI is InChI=1S/C18H16N2O3/c1-22-14-4-2-3-12(9-14)17(21)19-13-7-8-16-15(10-13)20-18(23-16)11-5-6-11/h2-4,7-11H,5-6H2,1H3,(H,19,21). The van der Waals surface area contributed by atoms with Crippen LogP contribution in [-0.2, 0) is 0 Å². The number of methoxy groups -OCH3 is 1. The van der Waals surface area contributed by atoms with E-state index in [1.807, 2.05) is 18.2 Å². The number of ether oxygens (including phenoxy) is 1. The van der Waals surface area contributed by atoms with Crippen LogP contribution in [0.15, 0.2) is 46.9 Å². The molecule has 0 radical (unpaired) electrons. The van der Waals surface area contributed by atoms with Gasteiger partial charge < -0.3 is 14.5 Å². The van der Waals surface area contributed by atoms with Gasteiger partial charge in [-0.05, 0) is 49.2 Å². The van der Waals surface area contributed by atoms with Crippen LogP contribution in [0.4, 0.5) is 5.69 Å². The van der Waals surface area contributed by atoms with E-state index in [0.29, 0.717) is 22.9 Å². The summed E-state index contributed by atoms with van der Waals surface area (Å²) in [6, 6.07) is 12.5. The lowest BCUT2D eigenvalue weighted by molar-refractivity contribution is 0.102. The van der Waals surface area contributed by atoms with E-state index in [1.165, 1.54) is 0 Å². The van der Waals surface area contributed by atoms with Crippen LogP contribution in [0, 0.1) is 0 Å². The molecule has 1 saturated carbocycles. The molecule has 1 aromatic heterocycles. The fraction of sp³-hybridized carbons (Fsp3) is 0.222. The SMILES string of the molecule is COc1cccc(C(=O)Nc2ccc3oc(C4CC4)nc3c2)c1. The van der Waals surface area contributed by atoms with Crippen molar-refractivity contribution in [2.24, 2.45) is 0 Å². The molecule has 1 aliphatic carbocycles. The van der Waals surface area contributed by atoms with Gasteiger partial charge >= 0.3 is 0 Å². The number of nitrogens with zero attached hydrogens (tertiary/aromatic N) is 1. The lowest BCUT2D eigenvalue weighted by atomic mass is 10.2. The van der Waals surface area contributed by atoms with Crippen LogP contribution < -0.4 is 10.1 Å². The predicted molar refractivity (Wildman–Crippen MR) is 86.9 cm³/mol. The molecule has 0 atom stereocenters. The molecular weight excluding hydrogens is 292 g/mol. The third kappa shape index (κ3) is 2.77. The van der Waals surface area contributed by atoms with Gasteiger partial charge in [-0.15, -0.1) is 0 Å². The summed E-state index contributed by atoms with van der Waals surface area (Å²) in [4.78, 5) is 16.8. The summed E-state index contributed by atoms with van der Waals surface area (Å²) in [6.07, 6.45) is 2.29. The van der Waals surface area contributed by atoms with Crippen molar-refractivity contribution in [1.29, 1.82) is 0 Å². The molecule has 2 aromatic carbocycles. The fourth-order valence-corrected chi connectivity index (χ4v) is 2.50. The van der Waals surface area contributed by atoms with Crippen LogP contribution in [0.5, 0.6) is 5.75 Å². The molecule has 1 heterocycles. The monoisotopic (exact) mass is 308 g/mol. The van der Waals surface area contributed by atoms with Crippen LogP contribution in [0.3, 0.4) is 0 Å². The molecular formula is C18H16N2O3. The molecule has 0 spiro atoms. The van der Waals surface area contributed by atoms with Gasteiger partial charge in [0.15, 0.2) is 11.5 Å². The van der Waals surface area contributed by atoms with Crippen molar-refractivity contribution < 1.29 is 13.9 Å². The van der Waals surface area contributed by atoms with E-state index in [2.05, 4.69) is 10.3 Å². The van der Waals surface area contributed by atoms with Crippen molar-refractivity contribution in [3.8, 4) is 5.75 Å². The molecule has 0 unspecified atom stereocenters.